The second-order valence-corrected chi connectivity index (χ2v) is 5.05. The van der Waals surface area contributed by atoms with Gasteiger partial charge in [-0.25, -0.2) is 9.37 Å². The van der Waals surface area contributed by atoms with Crippen LogP contribution in [0.5, 0.6) is 0 Å². The predicted molar refractivity (Wildman–Crippen MR) is 71.5 cm³/mol. The Morgan fingerprint density at radius 1 is 1.32 bits per heavy atom. The van der Waals surface area contributed by atoms with Gasteiger partial charge >= 0.3 is 0 Å². The molecular weight excluding hydrogens is 261 g/mol. The molecule has 2 aromatic rings. The normalized spacial score (nSPS) is 14.1. The summed E-state index contributed by atoms with van der Waals surface area (Å²) in [7, 11) is 0. The summed E-state index contributed by atoms with van der Waals surface area (Å²) in [6.07, 6.45) is 2.21. The van der Waals surface area contributed by atoms with Gasteiger partial charge in [-0.2, -0.15) is 5.26 Å². The topological polar surface area (TPSA) is 52.5 Å². The Hall–Kier alpha value is -2.06. The molecule has 0 radical (unpaired) electrons. The van der Waals surface area contributed by atoms with E-state index in [9.17, 15) is 4.39 Å². The maximum absolute atomic E-state index is 13.5. The number of hydrogen-bond acceptors (Lipinski definition) is 3. The average molecular weight is 271 g/mol. The quantitative estimate of drug-likeness (QED) is 0.847. The van der Waals surface area contributed by atoms with E-state index in [1.54, 1.807) is 12.1 Å². The van der Waals surface area contributed by atoms with Crippen molar-refractivity contribution in [1.82, 2.24) is 9.97 Å². The van der Waals surface area contributed by atoms with Gasteiger partial charge in [0.15, 0.2) is 0 Å². The maximum atomic E-state index is 13.5. The number of aromatic amines is 1. The Bertz CT molecular complexity index is 741. The lowest BCUT2D eigenvalue weighted by atomic mass is 10.1. The molecule has 1 aliphatic rings. The predicted octanol–water partition coefficient (Wildman–Crippen LogP) is 3.69. The van der Waals surface area contributed by atoms with Crippen LogP contribution in [-0.2, 0) is 0 Å². The van der Waals surface area contributed by atoms with Crippen LogP contribution in [0.2, 0.25) is 0 Å². The first kappa shape index (κ1) is 12.0. The first-order valence-electron chi connectivity index (χ1n) is 5.98. The molecular formula is C14H10FN3S. The number of nitrogens with one attached hydrogen (secondary N) is 1. The number of nitriles is 1. The molecule has 1 fully saturated rings. The van der Waals surface area contributed by atoms with Gasteiger partial charge in [0.1, 0.15) is 16.3 Å². The lowest BCUT2D eigenvalue weighted by Gasteiger charge is -2.06. The van der Waals surface area contributed by atoms with E-state index in [0.29, 0.717) is 27.4 Å². The molecule has 1 heterocycles. The van der Waals surface area contributed by atoms with Crippen LogP contribution in [0.15, 0.2) is 24.3 Å². The van der Waals surface area contributed by atoms with Crippen LogP contribution in [0.25, 0.3) is 11.3 Å². The zero-order valence-corrected chi connectivity index (χ0v) is 10.8. The molecule has 1 saturated carbocycles. The summed E-state index contributed by atoms with van der Waals surface area (Å²) in [5.41, 5.74) is 1.61. The van der Waals surface area contributed by atoms with Crippen molar-refractivity contribution in [1.29, 1.82) is 5.26 Å². The van der Waals surface area contributed by atoms with E-state index < -0.39 is 5.82 Å². The Labute approximate surface area is 114 Å². The molecule has 19 heavy (non-hydrogen) atoms. The van der Waals surface area contributed by atoms with Crippen LogP contribution in [-0.4, -0.2) is 9.97 Å². The minimum absolute atomic E-state index is 0.291. The van der Waals surface area contributed by atoms with Crippen LogP contribution in [0.1, 0.15) is 30.1 Å². The minimum Gasteiger partial charge on any atom is -0.343 e. The molecule has 0 amide bonds. The Balaban J connectivity index is 2.13. The van der Waals surface area contributed by atoms with Gasteiger partial charge in [-0.1, -0.05) is 12.2 Å². The van der Waals surface area contributed by atoms with E-state index in [4.69, 9.17) is 17.5 Å². The number of hydrogen-bond donors (Lipinski definition) is 1. The Morgan fingerprint density at radius 3 is 2.79 bits per heavy atom. The van der Waals surface area contributed by atoms with Crippen molar-refractivity contribution < 1.29 is 4.39 Å². The van der Waals surface area contributed by atoms with E-state index in [1.165, 1.54) is 12.1 Å². The highest BCUT2D eigenvalue weighted by atomic mass is 32.1. The van der Waals surface area contributed by atoms with Gasteiger partial charge in [0, 0.05) is 17.2 Å². The molecule has 0 atom stereocenters. The molecule has 5 heteroatoms. The molecule has 0 bridgehead atoms. The van der Waals surface area contributed by atoms with Crippen molar-refractivity contribution in [2.24, 2.45) is 0 Å². The molecule has 0 aliphatic heterocycles. The average Bonchev–Trinajstić information content (AvgIpc) is 3.21. The smallest absolute Gasteiger partial charge is 0.130 e. The number of rotatable bonds is 2. The van der Waals surface area contributed by atoms with Crippen LogP contribution >= 0.6 is 12.2 Å². The van der Waals surface area contributed by atoms with Crippen LogP contribution in [0.3, 0.4) is 0 Å². The monoisotopic (exact) mass is 271 g/mol. The largest absolute Gasteiger partial charge is 0.343 e. The van der Waals surface area contributed by atoms with Crippen molar-refractivity contribution in [3.8, 4) is 17.3 Å². The molecule has 1 N–H and O–H groups in total. The fraction of sp³-hybridized carbons (Fsp3) is 0.214. The molecule has 0 spiro atoms. The lowest BCUT2D eigenvalue weighted by molar-refractivity contribution is 0.627. The molecule has 3 nitrogen and oxygen atoms in total. The van der Waals surface area contributed by atoms with Crippen molar-refractivity contribution in [3.63, 3.8) is 0 Å². The van der Waals surface area contributed by atoms with E-state index >= 15 is 0 Å². The molecule has 1 aliphatic carbocycles. The van der Waals surface area contributed by atoms with Crippen LogP contribution < -0.4 is 0 Å². The third kappa shape index (κ3) is 2.54. The van der Waals surface area contributed by atoms with Crippen molar-refractivity contribution in [3.05, 3.63) is 46.1 Å². The maximum Gasteiger partial charge on any atom is 0.130 e. The Morgan fingerprint density at radius 2 is 2.11 bits per heavy atom. The van der Waals surface area contributed by atoms with E-state index in [2.05, 4.69) is 9.97 Å². The van der Waals surface area contributed by atoms with Gasteiger partial charge in [-0.05, 0) is 37.1 Å². The number of H-pyrrole nitrogens is 1. The Kier molecular flexibility index (Phi) is 2.88. The van der Waals surface area contributed by atoms with Gasteiger partial charge in [0.2, 0.25) is 0 Å². The minimum atomic E-state index is -0.432. The lowest BCUT2D eigenvalue weighted by Crippen LogP contribution is -1.96. The van der Waals surface area contributed by atoms with Crippen LogP contribution in [0.4, 0.5) is 4.39 Å². The van der Waals surface area contributed by atoms with Gasteiger partial charge in [0.05, 0.1) is 11.6 Å². The number of halogens is 1. The first-order valence-corrected chi connectivity index (χ1v) is 6.39. The van der Waals surface area contributed by atoms with E-state index in [1.807, 2.05) is 6.07 Å². The third-order valence-electron chi connectivity index (χ3n) is 3.06. The summed E-state index contributed by atoms with van der Waals surface area (Å²) < 4.78 is 14.0. The zero-order chi connectivity index (χ0) is 13.4. The van der Waals surface area contributed by atoms with Gasteiger partial charge in [0.25, 0.3) is 0 Å². The summed E-state index contributed by atoms with van der Waals surface area (Å²) in [5.74, 6) is 0.856. The van der Waals surface area contributed by atoms with E-state index in [0.717, 1.165) is 18.7 Å². The first-order chi connectivity index (χ1) is 9.15. The van der Waals surface area contributed by atoms with Crippen molar-refractivity contribution in [2.45, 2.75) is 18.8 Å². The van der Waals surface area contributed by atoms with Crippen LogP contribution in [0, 0.1) is 21.8 Å². The standard InChI is InChI=1S/C14H10FN3S/c15-11-4-8(7-16)3-10(5-11)12-6-13(19)18-14(17-12)9-1-2-9/h3-6,9H,1-2H2,(H,17,18,19). The molecule has 94 valence electrons. The molecule has 3 rings (SSSR count). The van der Waals surface area contributed by atoms with Crippen molar-refractivity contribution in [2.75, 3.05) is 0 Å². The SMILES string of the molecule is N#Cc1cc(F)cc(-c2cc(=S)nc(C3CC3)[nH]2)c1. The summed E-state index contributed by atoms with van der Waals surface area (Å²) in [5, 5.41) is 8.88. The summed E-state index contributed by atoms with van der Waals surface area (Å²) in [6, 6.07) is 7.87. The highest BCUT2D eigenvalue weighted by Crippen LogP contribution is 2.38. The number of aromatic nitrogens is 2. The fourth-order valence-electron chi connectivity index (χ4n) is 1.99. The molecule has 0 unspecified atom stereocenters. The van der Waals surface area contributed by atoms with Gasteiger partial charge < -0.3 is 4.98 Å². The third-order valence-corrected chi connectivity index (χ3v) is 3.27. The summed E-state index contributed by atoms with van der Waals surface area (Å²) >= 11 is 5.14. The van der Waals surface area contributed by atoms with Gasteiger partial charge in [-0.3, -0.25) is 0 Å². The van der Waals surface area contributed by atoms with Gasteiger partial charge in [-0.15, -0.1) is 0 Å². The highest BCUT2D eigenvalue weighted by Gasteiger charge is 2.26. The summed E-state index contributed by atoms with van der Waals surface area (Å²) in [6.45, 7) is 0. The second-order valence-electron chi connectivity index (χ2n) is 4.63. The fourth-order valence-corrected chi connectivity index (χ4v) is 2.21. The highest BCUT2D eigenvalue weighted by molar-refractivity contribution is 7.71. The second kappa shape index (κ2) is 4.56. The number of nitrogens with zero attached hydrogens (tertiary/aromatic N) is 2. The van der Waals surface area contributed by atoms with E-state index in [-0.39, 0.29) is 0 Å². The zero-order valence-electron chi connectivity index (χ0n) is 9.98. The summed E-state index contributed by atoms with van der Waals surface area (Å²) in [4.78, 5) is 7.48. The van der Waals surface area contributed by atoms with Crippen molar-refractivity contribution >= 4 is 12.2 Å². The number of benzene rings is 1. The molecule has 1 aromatic heterocycles. The molecule has 0 saturated heterocycles. The molecule has 1 aromatic carbocycles.